The highest BCUT2D eigenvalue weighted by Crippen LogP contribution is 2.19. The molecule has 1 heterocycles. The van der Waals surface area contributed by atoms with Crippen molar-refractivity contribution in [2.24, 2.45) is 0 Å². The SMILES string of the molecule is Cc1cc(Br)cc(C(=O)NC[C@H]2CCCS2(=O)=O)c1. The van der Waals surface area contributed by atoms with Crippen molar-refractivity contribution in [1.82, 2.24) is 5.32 Å². The minimum absolute atomic E-state index is 0.201. The summed E-state index contributed by atoms with van der Waals surface area (Å²) in [6, 6.07) is 5.42. The number of halogens is 1. The molecule has 0 aromatic heterocycles. The van der Waals surface area contributed by atoms with Gasteiger partial charge in [0.05, 0.1) is 11.0 Å². The predicted molar refractivity (Wildman–Crippen MR) is 78.0 cm³/mol. The maximum Gasteiger partial charge on any atom is 0.251 e. The van der Waals surface area contributed by atoms with Crippen LogP contribution in [0, 0.1) is 6.92 Å². The zero-order valence-electron chi connectivity index (χ0n) is 10.6. The lowest BCUT2D eigenvalue weighted by Gasteiger charge is -2.11. The van der Waals surface area contributed by atoms with Crippen LogP contribution in [0.4, 0.5) is 0 Å². The third-order valence-electron chi connectivity index (χ3n) is 3.26. The fourth-order valence-electron chi connectivity index (χ4n) is 2.26. The van der Waals surface area contributed by atoms with Crippen LogP contribution >= 0.6 is 15.9 Å². The number of amides is 1. The Bertz CT molecular complexity index is 578. The van der Waals surface area contributed by atoms with Crippen LogP contribution < -0.4 is 5.32 Å². The van der Waals surface area contributed by atoms with Gasteiger partial charge in [0, 0.05) is 16.6 Å². The van der Waals surface area contributed by atoms with Crippen LogP contribution in [0.15, 0.2) is 22.7 Å². The molecule has 1 amide bonds. The molecule has 1 N–H and O–H groups in total. The van der Waals surface area contributed by atoms with Gasteiger partial charge in [-0.2, -0.15) is 0 Å². The standard InChI is InChI=1S/C13H16BrNO3S/c1-9-5-10(7-11(14)6-9)13(16)15-8-12-3-2-4-19(12,17)18/h5-7,12H,2-4,8H2,1H3,(H,15,16)/t12-/m1/s1. The second kappa shape index (κ2) is 5.63. The Hall–Kier alpha value is -0.880. The van der Waals surface area contributed by atoms with E-state index >= 15 is 0 Å². The van der Waals surface area contributed by atoms with Crippen molar-refractivity contribution in [3.05, 3.63) is 33.8 Å². The van der Waals surface area contributed by atoms with Gasteiger partial charge in [-0.1, -0.05) is 15.9 Å². The molecule has 104 valence electrons. The zero-order valence-corrected chi connectivity index (χ0v) is 13.1. The highest BCUT2D eigenvalue weighted by atomic mass is 79.9. The van der Waals surface area contributed by atoms with E-state index in [2.05, 4.69) is 21.2 Å². The Balaban J connectivity index is 2.02. The minimum Gasteiger partial charge on any atom is -0.351 e. The average molecular weight is 346 g/mol. The van der Waals surface area contributed by atoms with E-state index in [0.717, 1.165) is 10.0 Å². The summed E-state index contributed by atoms with van der Waals surface area (Å²) < 4.78 is 24.2. The van der Waals surface area contributed by atoms with Gasteiger partial charge in [-0.3, -0.25) is 4.79 Å². The van der Waals surface area contributed by atoms with Crippen molar-refractivity contribution in [1.29, 1.82) is 0 Å². The van der Waals surface area contributed by atoms with E-state index in [4.69, 9.17) is 0 Å². The molecule has 2 rings (SSSR count). The topological polar surface area (TPSA) is 63.2 Å². The second-order valence-electron chi connectivity index (χ2n) is 4.86. The number of rotatable bonds is 3. The van der Waals surface area contributed by atoms with Crippen molar-refractivity contribution in [2.45, 2.75) is 25.0 Å². The molecule has 1 aliphatic rings. The van der Waals surface area contributed by atoms with E-state index in [9.17, 15) is 13.2 Å². The number of hydrogen-bond acceptors (Lipinski definition) is 3. The third kappa shape index (κ3) is 3.57. The number of aryl methyl sites for hydroxylation is 1. The van der Waals surface area contributed by atoms with E-state index in [1.54, 1.807) is 12.1 Å². The minimum atomic E-state index is -3.01. The highest BCUT2D eigenvalue weighted by Gasteiger charge is 2.31. The molecule has 19 heavy (non-hydrogen) atoms. The van der Waals surface area contributed by atoms with E-state index < -0.39 is 15.1 Å². The molecule has 6 heteroatoms. The highest BCUT2D eigenvalue weighted by molar-refractivity contribution is 9.10. The van der Waals surface area contributed by atoms with Gasteiger partial charge in [0.2, 0.25) is 0 Å². The molecule has 1 aliphatic heterocycles. The molecule has 0 spiro atoms. The molecule has 0 radical (unpaired) electrons. The predicted octanol–water partition coefficient (Wildman–Crippen LogP) is 2.06. The lowest BCUT2D eigenvalue weighted by atomic mass is 10.1. The van der Waals surface area contributed by atoms with E-state index in [-0.39, 0.29) is 18.2 Å². The van der Waals surface area contributed by atoms with Crippen molar-refractivity contribution in [2.75, 3.05) is 12.3 Å². The zero-order chi connectivity index (χ0) is 14.0. The first kappa shape index (κ1) is 14.5. The maximum atomic E-state index is 12.0. The first-order chi connectivity index (χ1) is 8.88. The van der Waals surface area contributed by atoms with Crippen LogP contribution in [0.25, 0.3) is 0 Å². The van der Waals surface area contributed by atoms with Gasteiger partial charge < -0.3 is 5.32 Å². The molecule has 1 fully saturated rings. The molecule has 1 saturated heterocycles. The molecular weight excluding hydrogens is 330 g/mol. The summed E-state index contributed by atoms with van der Waals surface area (Å²) in [5.74, 6) is 0.00952. The first-order valence-electron chi connectivity index (χ1n) is 6.15. The summed E-state index contributed by atoms with van der Waals surface area (Å²) in [6.45, 7) is 2.11. The normalized spacial score (nSPS) is 21.3. The van der Waals surface area contributed by atoms with Gasteiger partial charge in [0.1, 0.15) is 0 Å². The number of hydrogen-bond donors (Lipinski definition) is 1. The summed E-state index contributed by atoms with van der Waals surface area (Å²) >= 11 is 3.34. The fourth-order valence-corrected chi connectivity index (χ4v) is 4.64. The Kier molecular flexibility index (Phi) is 4.30. The summed E-state index contributed by atoms with van der Waals surface area (Å²) in [7, 11) is -3.01. The molecular formula is C13H16BrNO3S. The molecule has 1 aromatic rings. The second-order valence-corrected chi connectivity index (χ2v) is 8.17. The Morgan fingerprint density at radius 1 is 1.42 bits per heavy atom. The summed E-state index contributed by atoms with van der Waals surface area (Å²) in [5, 5.41) is 2.29. The van der Waals surface area contributed by atoms with Gasteiger partial charge in [0.25, 0.3) is 5.91 Å². The smallest absolute Gasteiger partial charge is 0.251 e. The van der Waals surface area contributed by atoms with Crippen molar-refractivity contribution >= 4 is 31.7 Å². The third-order valence-corrected chi connectivity index (χ3v) is 5.99. The largest absolute Gasteiger partial charge is 0.351 e. The fraction of sp³-hybridized carbons (Fsp3) is 0.462. The lowest BCUT2D eigenvalue weighted by molar-refractivity contribution is 0.0953. The average Bonchev–Trinajstić information content (AvgIpc) is 2.64. The Morgan fingerprint density at radius 2 is 2.16 bits per heavy atom. The number of benzene rings is 1. The van der Waals surface area contributed by atoms with Gasteiger partial charge in [-0.25, -0.2) is 8.42 Å². The van der Waals surface area contributed by atoms with Crippen molar-refractivity contribution < 1.29 is 13.2 Å². The lowest BCUT2D eigenvalue weighted by Crippen LogP contribution is -2.34. The number of nitrogens with one attached hydrogen (secondary N) is 1. The van der Waals surface area contributed by atoms with Crippen molar-refractivity contribution in [3.63, 3.8) is 0 Å². The first-order valence-corrected chi connectivity index (χ1v) is 8.66. The van der Waals surface area contributed by atoms with Gasteiger partial charge >= 0.3 is 0 Å². The van der Waals surface area contributed by atoms with Gasteiger partial charge in [0.15, 0.2) is 9.84 Å². The molecule has 0 aliphatic carbocycles. The van der Waals surface area contributed by atoms with Crippen LogP contribution in [0.1, 0.15) is 28.8 Å². The maximum absolute atomic E-state index is 12.0. The number of carbonyl (C=O) groups is 1. The number of sulfone groups is 1. The molecule has 0 unspecified atom stereocenters. The van der Waals surface area contributed by atoms with Gasteiger partial charge in [-0.05, 0) is 43.5 Å². The van der Waals surface area contributed by atoms with Crippen LogP contribution in [-0.4, -0.2) is 31.9 Å². The van der Waals surface area contributed by atoms with Crippen LogP contribution in [-0.2, 0) is 9.84 Å². The molecule has 0 saturated carbocycles. The van der Waals surface area contributed by atoms with Crippen LogP contribution in [0.3, 0.4) is 0 Å². The van der Waals surface area contributed by atoms with Crippen LogP contribution in [0.2, 0.25) is 0 Å². The molecule has 1 atom stereocenters. The molecule has 0 bridgehead atoms. The van der Waals surface area contributed by atoms with Crippen LogP contribution in [0.5, 0.6) is 0 Å². The van der Waals surface area contributed by atoms with Crippen molar-refractivity contribution in [3.8, 4) is 0 Å². The van der Waals surface area contributed by atoms with E-state index in [1.165, 1.54) is 0 Å². The summed E-state index contributed by atoms with van der Waals surface area (Å²) in [5.41, 5.74) is 1.52. The summed E-state index contributed by atoms with van der Waals surface area (Å²) in [6.07, 6.45) is 1.33. The monoisotopic (exact) mass is 345 g/mol. The summed E-state index contributed by atoms with van der Waals surface area (Å²) in [4.78, 5) is 12.0. The Morgan fingerprint density at radius 3 is 2.74 bits per heavy atom. The quantitative estimate of drug-likeness (QED) is 0.911. The van der Waals surface area contributed by atoms with Gasteiger partial charge in [-0.15, -0.1) is 0 Å². The molecule has 4 nitrogen and oxygen atoms in total. The van der Waals surface area contributed by atoms with E-state index in [1.807, 2.05) is 13.0 Å². The van der Waals surface area contributed by atoms with E-state index in [0.29, 0.717) is 18.4 Å². The molecule has 1 aromatic carbocycles. The Labute approximate surface area is 121 Å². The number of carbonyl (C=O) groups excluding carboxylic acids is 1.